The van der Waals surface area contributed by atoms with E-state index in [0.29, 0.717) is 49.9 Å². The Labute approximate surface area is 200 Å². The first kappa shape index (κ1) is 23.3. The van der Waals surface area contributed by atoms with Gasteiger partial charge in [-0.1, -0.05) is 56.3 Å². The van der Waals surface area contributed by atoms with Crippen molar-refractivity contribution in [3.8, 4) is 0 Å². The van der Waals surface area contributed by atoms with Gasteiger partial charge in [0.1, 0.15) is 5.69 Å². The van der Waals surface area contributed by atoms with E-state index in [1.165, 1.54) is 5.56 Å². The number of hydrogen-bond acceptors (Lipinski definition) is 5. The summed E-state index contributed by atoms with van der Waals surface area (Å²) in [6, 6.07) is 22.8. The number of hydrogen-bond donors (Lipinski definition) is 1. The van der Waals surface area contributed by atoms with Crippen molar-refractivity contribution in [1.29, 1.82) is 0 Å². The molecule has 0 aromatic heterocycles. The van der Waals surface area contributed by atoms with Crippen molar-refractivity contribution in [3.63, 3.8) is 0 Å². The second kappa shape index (κ2) is 10.4. The summed E-state index contributed by atoms with van der Waals surface area (Å²) in [5, 5.41) is 14.8. The van der Waals surface area contributed by atoms with Crippen LogP contribution in [0.25, 0.3) is 0 Å². The molecule has 1 aliphatic heterocycles. The summed E-state index contributed by atoms with van der Waals surface area (Å²) >= 11 is 0. The standard InChI is InChI=1S/C27H30N4O3/c1-20(2)22-8-10-23(11-9-22)27(32)30-16-14-29(15-17-30)24-12-13-26(31(33)34)25(18-24)28-19-21-6-4-3-5-7-21/h3-13,18,20,28H,14-17,19H2,1-2H3. The van der Waals surface area contributed by atoms with Crippen molar-refractivity contribution in [1.82, 2.24) is 4.90 Å². The minimum Gasteiger partial charge on any atom is -0.375 e. The molecular weight excluding hydrogens is 428 g/mol. The molecule has 1 saturated heterocycles. The number of carbonyl (C=O) groups excluding carboxylic acids is 1. The summed E-state index contributed by atoms with van der Waals surface area (Å²) in [6.45, 7) is 7.33. The van der Waals surface area contributed by atoms with Crippen molar-refractivity contribution in [2.75, 3.05) is 36.4 Å². The van der Waals surface area contributed by atoms with E-state index in [4.69, 9.17) is 0 Å². The average Bonchev–Trinajstić information content (AvgIpc) is 2.87. The van der Waals surface area contributed by atoms with Crippen LogP contribution in [0.1, 0.15) is 41.3 Å². The second-order valence-electron chi connectivity index (χ2n) is 8.85. The second-order valence-corrected chi connectivity index (χ2v) is 8.85. The molecule has 34 heavy (non-hydrogen) atoms. The molecule has 7 nitrogen and oxygen atoms in total. The molecule has 0 spiro atoms. The van der Waals surface area contributed by atoms with Crippen LogP contribution in [0.3, 0.4) is 0 Å². The highest BCUT2D eigenvalue weighted by atomic mass is 16.6. The predicted molar refractivity (Wildman–Crippen MR) is 136 cm³/mol. The molecule has 0 radical (unpaired) electrons. The Morgan fingerprint density at radius 2 is 1.65 bits per heavy atom. The third kappa shape index (κ3) is 5.36. The fourth-order valence-electron chi connectivity index (χ4n) is 4.18. The topological polar surface area (TPSA) is 78.7 Å². The minimum atomic E-state index is -0.363. The summed E-state index contributed by atoms with van der Waals surface area (Å²) < 4.78 is 0. The Hall–Kier alpha value is -3.87. The van der Waals surface area contributed by atoms with Crippen molar-refractivity contribution < 1.29 is 9.72 Å². The molecule has 4 rings (SSSR count). The van der Waals surface area contributed by atoms with Crippen LogP contribution in [0.5, 0.6) is 0 Å². The summed E-state index contributed by atoms with van der Waals surface area (Å²) in [7, 11) is 0. The van der Waals surface area contributed by atoms with Crippen LogP contribution in [0.15, 0.2) is 72.8 Å². The molecule has 0 unspecified atom stereocenters. The van der Waals surface area contributed by atoms with Gasteiger partial charge in [-0.25, -0.2) is 0 Å². The van der Waals surface area contributed by atoms with Crippen LogP contribution in [-0.2, 0) is 6.54 Å². The van der Waals surface area contributed by atoms with E-state index in [2.05, 4.69) is 24.1 Å². The number of anilines is 2. The third-order valence-corrected chi connectivity index (χ3v) is 6.26. The first-order valence-corrected chi connectivity index (χ1v) is 11.6. The van der Waals surface area contributed by atoms with Crippen LogP contribution >= 0.6 is 0 Å². The summed E-state index contributed by atoms with van der Waals surface area (Å²) in [5.74, 6) is 0.477. The largest absolute Gasteiger partial charge is 0.375 e. The minimum absolute atomic E-state index is 0.0453. The zero-order valence-corrected chi connectivity index (χ0v) is 19.6. The molecule has 0 saturated carbocycles. The molecule has 7 heteroatoms. The average molecular weight is 459 g/mol. The maximum atomic E-state index is 12.9. The maximum Gasteiger partial charge on any atom is 0.292 e. The van der Waals surface area contributed by atoms with E-state index < -0.39 is 0 Å². The van der Waals surface area contributed by atoms with Gasteiger partial charge < -0.3 is 15.1 Å². The monoisotopic (exact) mass is 458 g/mol. The van der Waals surface area contributed by atoms with E-state index in [0.717, 1.165) is 11.3 Å². The van der Waals surface area contributed by atoms with Crippen LogP contribution in [-0.4, -0.2) is 41.9 Å². The summed E-state index contributed by atoms with van der Waals surface area (Å²) in [4.78, 5) is 28.2. The number of nitrogens with zero attached hydrogens (tertiary/aromatic N) is 3. The van der Waals surface area contributed by atoms with Crippen molar-refractivity contribution >= 4 is 23.0 Å². The lowest BCUT2D eigenvalue weighted by Gasteiger charge is -2.36. The molecule has 1 heterocycles. The fraction of sp³-hybridized carbons (Fsp3) is 0.296. The molecule has 176 valence electrons. The number of rotatable bonds is 7. The quantitative estimate of drug-likeness (QED) is 0.384. The summed E-state index contributed by atoms with van der Waals surface area (Å²) in [5.41, 5.74) is 4.44. The maximum absolute atomic E-state index is 12.9. The van der Waals surface area contributed by atoms with Gasteiger partial charge in [0.05, 0.1) is 4.92 Å². The highest BCUT2D eigenvalue weighted by Gasteiger charge is 2.24. The molecule has 1 amide bonds. The molecule has 1 N–H and O–H groups in total. The van der Waals surface area contributed by atoms with Gasteiger partial charge >= 0.3 is 0 Å². The van der Waals surface area contributed by atoms with Gasteiger partial charge in [-0.15, -0.1) is 0 Å². The zero-order chi connectivity index (χ0) is 24.1. The van der Waals surface area contributed by atoms with Gasteiger partial charge in [0.15, 0.2) is 0 Å². The fourth-order valence-corrected chi connectivity index (χ4v) is 4.18. The van der Waals surface area contributed by atoms with E-state index in [-0.39, 0.29) is 16.5 Å². The number of carbonyl (C=O) groups is 1. The Balaban J connectivity index is 1.42. The lowest BCUT2D eigenvalue weighted by molar-refractivity contribution is -0.384. The zero-order valence-electron chi connectivity index (χ0n) is 19.6. The molecule has 0 bridgehead atoms. The van der Waals surface area contributed by atoms with Gasteiger partial charge in [-0.2, -0.15) is 0 Å². The molecular formula is C27H30N4O3. The molecule has 3 aromatic carbocycles. The van der Waals surface area contributed by atoms with Crippen LogP contribution in [0, 0.1) is 10.1 Å². The number of nitrogens with one attached hydrogen (secondary N) is 1. The lowest BCUT2D eigenvalue weighted by Crippen LogP contribution is -2.48. The van der Waals surface area contributed by atoms with E-state index >= 15 is 0 Å². The van der Waals surface area contributed by atoms with Gasteiger partial charge in [0.2, 0.25) is 0 Å². The molecule has 1 fully saturated rings. The van der Waals surface area contributed by atoms with E-state index in [1.54, 1.807) is 12.1 Å². The van der Waals surface area contributed by atoms with Crippen LogP contribution < -0.4 is 10.2 Å². The Morgan fingerprint density at radius 1 is 0.971 bits per heavy atom. The van der Waals surface area contributed by atoms with Gasteiger partial charge in [-0.3, -0.25) is 14.9 Å². The van der Waals surface area contributed by atoms with Gasteiger partial charge in [0, 0.05) is 50.0 Å². The molecule has 1 aliphatic rings. The number of amides is 1. The van der Waals surface area contributed by atoms with Crippen molar-refractivity contribution in [2.24, 2.45) is 0 Å². The Morgan fingerprint density at radius 3 is 2.26 bits per heavy atom. The highest BCUT2D eigenvalue weighted by Crippen LogP contribution is 2.30. The molecule has 0 aliphatic carbocycles. The van der Waals surface area contributed by atoms with Crippen LogP contribution in [0.2, 0.25) is 0 Å². The van der Waals surface area contributed by atoms with Gasteiger partial charge in [0.25, 0.3) is 11.6 Å². The highest BCUT2D eigenvalue weighted by molar-refractivity contribution is 5.94. The Bertz CT molecular complexity index is 1140. The summed E-state index contributed by atoms with van der Waals surface area (Å²) in [6.07, 6.45) is 0. The number of benzene rings is 3. The lowest BCUT2D eigenvalue weighted by atomic mass is 10.0. The van der Waals surface area contributed by atoms with Gasteiger partial charge in [-0.05, 0) is 41.3 Å². The van der Waals surface area contributed by atoms with E-state index in [9.17, 15) is 14.9 Å². The normalized spacial score (nSPS) is 13.7. The van der Waals surface area contributed by atoms with Crippen molar-refractivity contribution in [2.45, 2.75) is 26.3 Å². The van der Waals surface area contributed by atoms with Crippen LogP contribution in [0.4, 0.5) is 17.1 Å². The Kier molecular flexibility index (Phi) is 7.11. The SMILES string of the molecule is CC(C)c1ccc(C(=O)N2CCN(c3ccc([N+](=O)[O-])c(NCc4ccccc4)c3)CC2)cc1. The first-order valence-electron chi connectivity index (χ1n) is 11.6. The number of nitro benzene ring substituents is 1. The predicted octanol–water partition coefficient (Wildman–Crippen LogP) is 5.29. The number of nitro groups is 1. The van der Waals surface area contributed by atoms with E-state index in [1.807, 2.05) is 65.6 Å². The first-order chi connectivity index (χ1) is 16.4. The smallest absolute Gasteiger partial charge is 0.292 e. The molecule has 3 aromatic rings. The third-order valence-electron chi connectivity index (χ3n) is 6.26. The number of piperazine rings is 1. The molecule has 0 atom stereocenters. The van der Waals surface area contributed by atoms with Crippen molar-refractivity contribution in [3.05, 3.63) is 99.6 Å².